The zero-order valence-electron chi connectivity index (χ0n) is 35.2. The summed E-state index contributed by atoms with van der Waals surface area (Å²) in [6.07, 6.45) is 0. The third kappa shape index (κ3) is 5.54. The molecule has 0 N–H and O–H groups in total. The van der Waals surface area contributed by atoms with Crippen molar-refractivity contribution in [3.05, 3.63) is 12.1 Å². The van der Waals surface area contributed by atoms with Crippen LogP contribution in [0.4, 0.5) is 0 Å². The molecule has 2 aromatic heterocycles. The van der Waals surface area contributed by atoms with Gasteiger partial charge in [0.2, 0.25) is 0 Å². The van der Waals surface area contributed by atoms with Crippen molar-refractivity contribution in [2.75, 3.05) is 0 Å². The van der Waals surface area contributed by atoms with Crippen LogP contribution in [0.3, 0.4) is 0 Å². The molecule has 10 heteroatoms. The van der Waals surface area contributed by atoms with E-state index in [4.69, 9.17) is 27.5 Å². The largest absolute Gasteiger partial charge is 0.499 e. The van der Waals surface area contributed by atoms with Crippen molar-refractivity contribution in [2.45, 2.75) is 194 Å². The first-order valence-corrected chi connectivity index (χ1v) is 23.9. The molecule has 0 saturated carbocycles. The Morgan fingerprint density at radius 2 is 0.640 bits per heavy atom. The van der Waals surface area contributed by atoms with E-state index in [-0.39, 0.29) is 0 Å². The first-order chi connectivity index (χ1) is 22.7. The maximum atomic E-state index is 7.41. The maximum Gasteiger partial charge on any atom is 0.499 e. The number of benzene rings is 1. The highest BCUT2D eigenvalue weighted by Gasteiger charge is 2.57. The van der Waals surface area contributed by atoms with Crippen LogP contribution in [0.2, 0.25) is 33.2 Å². The molecule has 2 fully saturated rings. The zero-order valence-corrected chi connectivity index (χ0v) is 37.2. The molecular weight excluding hydrogens is 654 g/mol. The van der Waals surface area contributed by atoms with E-state index in [0.29, 0.717) is 33.2 Å². The van der Waals surface area contributed by atoms with Crippen LogP contribution >= 0.6 is 0 Å². The molecule has 0 unspecified atom stereocenters. The predicted octanol–water partition coefficient (Wildman–Crippen LogP) is 9.55. The Labute approximate surface area is 306 Å². The van der Waals surface area contributed by atoms with Gasteiger partial charge in [-0.3, -0.25) is 0 Å². The van der Waals surface area contributed by atoms with E-state index < -0.39 is 52.8 Å². The lowest BCUT2D eigenvalue weighted by Crippen LogP contribution is -2.55. The van der Waals surface area contributed by atoms with Crippen LogP contribution in [0, 0.1) is 0 Å². The molecule has 2 aliphatic heterocycles. The minimum Gasteiger partial charge on any atom is -0.467 e. The van der Waals surface area contributed by atoms with Crippen LogP contribution < -0.4 is 21.7 Å². The van der Waals surface area contributed by atoms with E-state index >= 15 is 0 Å². The van der Waals surface area contributed by atoms with Gasteiger partial charge in [-0.1, -0.05) is 83.1 Å². The Morgan fingerprint density at radius 1 is 0.420 bits per heavy atom. The second-order valence-electron chi connectivity index (χ2n) is 19.5. The van der Waals surface area contributed by atoms with E-state index in [1.807, 2.05) is 0 Å². The van der Waals surface area contributed by atoms with Crippen LogP contribution in [-0.2, 0) is 18.6 Å². The zero-order chi connectivity index (χ0) is 37.9. The van der Waals surface area contributed by atoms with Gasteiger partial charge in [-0.25, -0.2) is 0 Å². The Kier molecular flexibility index (Phi) is 10.1. The lowest BCUT2D eigenvalue weighted by atomic mass is 9.70. The summed E-state index contributed by atoms with van der Waals surface area (Å²) in [5.41, 5.74) is 4.16. The lowest BCUT2D eigenvalue weighted by Gasteiger charge is -2.41. The predicted molar refractivity (Wildman–Crippen MR) is 219 cm³/mol. The first-order valence-electron chi connectivity index (χ1n) is 19.5. The molecule has 6 nitrogen and oxygen atoms in total. The average Bonchev–Trinajstić information content (AvgIpc) is 3.63. The number of hydrogen-bond donors (Lipinski definition) is 0. The van der Waals surface area contributed by atoms with Gasteiger partial charge in [-0.2, -0.15) is 0 Å². The summed E-state index contributed by atoms with van der Waals surface area (Å²) in [5.74, 6) is 0. The number of fused-ring (bicyclic) bond motifs is 2. The van der Waals surface area contributed by atoms with Crippen molar-refractivity contribution in [1.29, 1.82) is 0 Å². The van der Waals surface area contributed by atoms with Gasteiger partial charge in [0, 0.05) is 21.7 Å². The summed E-state index contributed by atoms with van der Waals surface area (Å²) in [7, 11) is -5.71. The van der Waals surface area contributed by atoms with Crippen molar-refractivity contribution < 1.29 is 27.5 Å². The van der Waals surface area contributed by atoms with Gasteiger partial charge in [-0.05, 0) is 101 Å². The smallest absolute Gasteiger partial charge is 0.467 e. The van der Waals surface area contributed by atoms with Gasteiger partial charge in [0.1, 0.15) is 27.3 Å². The first kappa shape index (κ1) is 39.9. The molecular formula is C40H68B2O6Si2. The van der Waals surface area contributed by atoms with Gasteiger partial charge >= 0.3 is 14.2 Å². The van der Waals surface area contributed by atoms with Gasteiger partial charge in [0.15, 0.2) is 0 Å². The fraction of sp³-hybridized carbons (Fsp3) is 0.750. The number of furan rings is 2. The monoisotopic (exact) mass is 722 g/mol. The maximum absolute atomic E-state index is 7.41. The fourth-order valence-corrected chi connectivity index (χ4v) is 23.1. The van der Waals surface area contributed by atoms with Crippen LogP contribution in [0.5, 0.6) is 0 Å². The molecule has 5 rings (SSSR count). The van der Waals surface area contributed by atoms with Crippen molar-refractivity contribution >= 4 is 74.0 Å². The highest BCUT2D eigenvalue weighted by Crippen LogP contribution is 2.46. The third-order valence-corrected chi connectivity index (χ3v) is 27.8. The van der Waals surface area contributed by atoms with Gasteiger partial charge < -0.3 is 27.5 Å². The number of rotatable bonds is 10. The lowest BCUT2D eigenvalue weighted by molar-refractivity contribution is 0.00578. The summed E-state index contributed by atoms with van der Waals surface area (Å²) < 4.78 is 42.4. The Hall–Kier alpha value is -1.30. The fourth-order valence-electron chi connectivity index (χ4n) is 10.4. The molecule has 0 atom stereocenters. The van der Waals surface area contributed by atoms with Crippen molar-refractivity contribution in [3.8, 4) is 0 Å². The SMILES string of the molecule is CC(C)[Si](c1cc2c(B3OC(C)(C)C(C)(C)O3)c3oc([Si](C(C)C)(C(C)C)C(C)C)cc3c(B3OC(C)(C)C(C)(C)O3)c2o1)(C(C)C)C(C)C. The van der Waals surface area contributed by atoms with E-state index in [0.717, 1.165) is 43.6 Å². The van der Waals surface area contributed by atoms with Gasteiger partial charge in [-0.15, -0.1) is 0 Å². The highest BCUT2D eigenvalue weighted by molar-refractivity contribution is 6.95. The normalized spacial score (nSPS) is 20.9. The van der Waals surface area contributed by atoms with E-state index in [1.165, 1.54) is 0 Å². The third-order valence-electron chi connectivity index (χ3n) is 14.1. The molecule has 50 heavy (non-hydrogen) atoms. The standard InChI is InChI=1S/C40H68B2O6Si2/c1-23(2)49(24(3)4,25(5)6)31-21-29-33(41-45-37(13,14)38(15,16)46-41)36-30(22-32(44-36)50(26(7)8,27(9)10)28(11)12)34(35(29)43-31)42-47-39(17,18)40(19,20)48-42/h21-28H,1-20H3. The molecule has 2 aliphatic rings. The second-order valence-corrected chi connectivity index (χ2v) is 31.2. The van der Waals surface area contributed by atoms with Crippen LogP contribution in [0.15, 0.2) is 21.0 Å². The van der Waals surface area contributed by atoms with Crippen molar-refractivity contribution in [1.82, 2.24) is 0 Å². The average molecular weight is 723 g/mol. The summed E-state index contributed by atoms with van der Waals surface area (Å²) >= 11 is 0. The van der Waals surface area contributed by atoms with E-state index in [9.17, 15) is 0 Å². The molecule has 0 bridgehead atoms. The molecule has 0 amide bonds. The Balaban J connectivity index is 2.01. The molecule has 2 saturated heterocycles. The molecule has 1 aromatic carbocycles. The van der Waals surface area contributed by atoms with E-state index in [2.05, 4.69) is 151 Å². The van der Waals surface area contributed by atoms with Gasteiger partial charge in [0.25, 0.3) is 0 Å². The Morgan fingerprint density at radius 3 is 0.840 bits per heavy atom. The quantitative estimate of drug-likeness (QED) is 0.194. The topological polar surface area (TPSA) is 63.2 Å². The summed E-state index contributed by atoms with van der Waals surface area (Å²) in [6, 6.07) is 4.69. The molecule has 0 aliphatic carbocycles. The Bertz CT molecular complexity index is 1470. The van der Waals surface area contributed by atoms with Crippen LogP contribution in [-0.4, -0.2) is 52.8 Å². The van der Waals surface area contributed by atoms with Crippen LogP contribution in [0.25, 0.3) is 21.9 Å². The minimum absolute atomic E-state index is 0.466. The van der Waals surface area contributed by atoms with Gasteiger partial charge in [0.05, 0.1) is 33.2 Å². The molecule has 0 radical (unpaired) electrons. The second kappa shape index (κ2) is 12.6. The van der Waals surface area contributed by atoms with Crippen LogP contribution in [0.1, 0.15) is 138 Å². The summed E-state index contributed by atoms with van der Waals surface area (Å²) in [6.45, 7) is 45.6. The number of hydrogen-bond acceptors (Lipinski definition) is 6. The summed E-state index contributed by atoms with van der Waals surface area (Å²) in [5, 5.41) is 4.21. The minimum atomic E-state index is -2.22. The molecule has 0 spiro atoms. The molecule has 3 aromatic rings. The molecule has 4 heterocycles. The van der Waals surface area contributed by atoms with Crippen molar-refractivity contribution in [2.24, 2.45) is 0 Å². The van der Waals surface area contributed by atoms with Crippen molar-refractivity contribution in [3.63, 3.8) is 0 Å². The van der Waals surface area contributed by atoms with E-state index in [1.54, 1.807) is 0 Å². The molecule has 278 valence electrons. The highest BCUT2D eigenvalue weighted by atomic mass is 28.3. The summed E-state index contributed by atoms with van der Waals surface area (Å²) in [4.78, 5) is 0.